The lowest BCUT2D eigenvalue weighted by Crippen LogP contribution is -2.22. The van der Waals surface area contributed by atoms with Gasteiger partial charge in [-0.1, -0.05) is 6.07 Å². The van der Waals surface area contributed by atoms with E-state index >= 15 is 0 Å². The zero-order chi connectivity index (χ0) is 19.6. The number of nitro benzene ring substituents is 2. The minimum Gasteiger partial charge on any atom is -0.347 e. The third-order valence-corrected chi connectivity index (χ3v) is 5.82. The number of aryl methyl sites for hydroxylation is 1. The number of non-ortho nitro benzene ring substituents is 2. The van der Waals surface area contributed by atoms with Gasteiger partial charge in [-0.2, -0.15) is 0 Å². The first-order valence-electron chi connectivity index (χ1n) is 7.57. The second kappa shape index (κ2) is 7.60. The third kappa shape index (κ3) is 4.15. The molecule has 138 valence electrons. The number of hydrogen-bond donors (Lipinski definition) is 1. The van der Waals surface area contributed by atoms with Crippen molar-refractivity contribution < 1.29 is 14.6 Å². The SMILES string of the molecule is Cc1nc(-c2cccs2)sc1CNC(=O)c1cc([N+](=O)[O-])cc([N+](=O)[O-])c1. The highest BCUT2D eigenvalue weighted by Crippen LogP contribution is 2.31. The standard InChI is InChI=1S/C16H12N4O5S2/c1-9-14(27-16(18-9)13-3-2-4-26-13)8-17-15(21)10-5-11(19(22)23)7-12(6-10)20(24)25/h2-7H,8H2,1H3,(H,17,21). The maximum Gasteiger partial charge on any atom is 0.277 e. The Hall–Kier alpha value is -3.18. The van der Waals surface area contributed by atoms with E-state index in [1.54, 1.807) is 11.3 Å². The van der Waals surface area contributed by atoms with Crippen LogP contribution in [0.1, 0.15) is 20.9 Å². The number of hydrogen-bond acceptors (Lipinski definition) is 8. The van der Waals surface area contributed by atoms with Crippen molar-refractivity contribution in [2.45, 2.75) is 13.5 Å². The smallest absolute Gasteiger partial charge is 0.277 e. The Morgan fingerprint density at radius 3 is 2.41 bits per heavy atom. The van der Waals surface area contributed by atoms with Crippen LogP contribution in [0.2, 0.25) is 0 Å². The van der Waals surface area contributed by atoms with Crippen molar-refractivity contribution in [2.75, 3.05) is 0 Å². The largest absolute Gasteiger partial charge is 0.347 e. The molecular weight excluding hydrogens is 392 g/mol. The van der Waals surface area contributed by atoms with Crippen molar-refractivity contribution >= 4 is 40.0 Å². The molecule has 1 aromatic carbocycles. The van der Waals surface area contributed by atoms with E-state index in [4.69, 9.17) is 0 Å². The Kier molecular flexibility index (Phi) is 5.23. The van der Waals surface area contributed by atoms with Gasteiger partial charge in [0.15, 0.2) is 0 Å². The molecule has 1 N–H and O–H groups in total. The highest BCUT2D eigenvalue weighted by Gasteiger charge is 2.20. The Morgan fingerprint density at radius 2 is 1.85 bits per heavy atom. The van der Waals surface area contributed by atoms with Crippen molar-refractivity contribution in [3.63, 3.8) is 0 Å². The lowest BCUT2D eigenvalue weighted by molar-refractivity contribution is -0.394. The molecule has 3 aromatic rings. The van der Waals surface area contributed by atoms with E-state index in [1.165, 1.54) is 11.3 Å². The summed E-state index contributed by atoms with van der Waals surface area (Å²) in [5, 5.41) is 27.3. The van der Waals surface area contributed by atoms with E-state index in [0.717, 1.165) is 38.7 Å². The van der Waals surface area contributed by atoms with Gasteiger partial charge < -0.3 is 5.32 Å². The van der Waals surface area contributed by atoms with Gasteiger partial charge in [-0.15, -0.1) is 22.7 Å². The molecule has 1 amide bonds. The van der Waals surface area contributed by atoms with Crippen molar-refractivity contribution in [3.8, 4) is 9.88 Å². The van der Waals surface area contributed by atoms with Crippen molar-refractivity contribution in [1.82, 2.24) is 10.3 Å². The molecule has 9 nitrogen and oxygen atoms in total. The number of amides is 1. The van der Waals surface area contributed by atoms with Gasteiger partial charge in [0.1, 0.15) is 5.01 Å². The summed E-state index contributed by atoms with van der Waals surface area (Å²) < 4.78 is 0. The third-order valence-electron chi connectivity index (χ3n) is 3.62. The topological polar surface area (TPSA) is 128 Å². The second-order valence-corrected chi connectivity index (χ2v) is 7.47. The van der Waals surface area contributed by atoms with Crippen LogP contribution >= 0.6 is 22.7 Å². The Labute approximate surface area is 160 Å². The van der Waals surface area contributed by atoms with E-state index in [9.17, 15) is 25.0 Å². The minimum atomic E-state index is -0.773. The van der Waals surface area contributed by atoms with E-state index < -0.39 is 27.1 Å². The number of thiazole rings is 1. The van der Waals surface area contributed by atoms with Crippen LogP contribution in [0.3, 0.4) is 0 Å². The van der Waals surface area contributed by atoms with Crippen LogP contribution in [0.25, 0.3) is 9.88 Å². The predicted octanol–water partition coefficient (Wildman–Crippen LogP) is 3.93. The average molecular weight is 404 g/mol. The molecule has 2 aromatic heterocycles. The molecular formula is C16H12N4O5S2. The van der Waals surface area contributed by atoms with Crippen LogP contribution in [-0.2, 0) is 6.54 Å². The first-order chi connectivity index (χ1) is 12.8. The van der Waals surface area contributed by atoms with E-state index in [0.29, 0.717) is 0 Å². The van der Waals surface area contributed by atoms with Gasteiger partial charge in [-0.25, -0.2) is 4.98 Å². The van der Waals surface area contributed by atoms with Gasteiger partial charge in [0.05, 0.1) is 38.6 Å². The minimum absolute atomic E-state index is 0.142. The fourth-order valence-corrected chi connectivity index (χ4v) is 4.10. The van der Waals surface area contributed by atoms with Crippen LogP contribution < -0.4 is 5.32 Å². The summed E-state index contributed by atoms with van der Waals surface area (Å²) in [5.74, 6) is -0.632. The number of carbonyl (C=O) groups is 1. The van der Waals surface area contributed by atoms with Gasteiger partial charge in [0.25, 0.3) is 17.3 Å². The predicted molar refractivity (Wildman–Crippen MR) is 101 cm³/mol. The summed E-state index contributed by atoms with van der Waals surface area (Å²) >= 11 is 3.00. The lowest BCUT2D eigenvalue weighted by atomic mass is 10.1. The lowest BCUT2D eigenvalue weighted by Gasteiger charge is -2.04. The molecule has 3 rings (SSSR count). The number of thiophene rings is 1. The molecule has 0 aliphatic rings. The van der Waals surface area contributed by atoms with Crippen molar-refractivity contribution in [2.24, 2.45) is 0 Å². The van der Waals surface area contributed by atoms with E-state index in [2.05, 4.69) is 10.3 Å². The fraction of sp³-hybridized carbons (Fsp3) is 0.125. The first-order valence-corrected chi connectivity index (χ1v) is 9.27. The van der Waals surface area contributed by atoms with E-state index in [-0.39, 0.29) is 12.1 Å². The number of nitrogens with zero attached hydrogens (tertiary/aromatic N) is 3. The highest BCUT2D eigenvalue weighted by atomic mass is 32.1. The number of carbonyl (C=O) groups excluding carboxylic acids is 1. The summed E-state index contributed by atoms with van der Waals surface area (Å²) in [7, 11) is 0. The number of nitrogens with one attached hydrogen (secondary N) is 1. The fourth-order valence-electron chi connectivity index (χ4n) is 2.30. The highest BCUT2D eigenvalue weighted by molar-refractivity contribution is 7.21. The molecule has 0 unspecified atom stereocenters. The van der Waals surface area contributed by atoms with Gasteiger partial charge in [0.2, 0.25) is 0 Å². The quantitative estimate of drug-likeness (QED) is 0.490. The van der Waals surface area contributed by atoms with Gasteiger partial charge >= 0.3 is 0 Å². The monoisotopic (exact) mass is 404 g/mol. The second-order valence-electron chi connectivity index (χ2n) is 5.44. The van der Waals surface area contributed by atoms with Crippen LogP contribution in [0.4, 0.5) is 11.4 Å². The van der Waals surface area contributed by atoms with Gasteiger partial charge in [0, 0.05) is 17.0 Å². The van der Waals surface area contributed by atoms with Crippen LogP contribution in [-0.4, -0.2) is 20.7 Å². The Balaban J connectivity index is 1.78. The van der Waals surface area contributed by atoms with Crippen LogP contribution in [0.5, 0.6) is 0 Å². The van der Waals surface area contributed by atoms with Crippen molar-refractivity contribution in [1.29, 1.82) is 0 Å². The molecule has 0 saturated carbocycles. The Bertz CT molecular complexity index is 997. The molecule has 0 radical (unpaired) electrons. The number of rotatable bonds is 6. The number of benzene rings is 1. The maximum absolute atomic E-state index is 12.3. The normalized spacial score (nSPS) is 10.6. The number of nitro groups is 2. The molecule has 0 atom stereocenters. The Morgan fingerprint density at radius 1 is 1.19 bits per heavy atom. The molecule has 0 fully saturated rings. The molecule has 11 heteroatoms. The zero-order valence-corrected chi connectivity index (χ0v) is 15.5. The summed E-state index contributed by atoms with van der Waals surface area (Å²) in [5.41, 5.74) is -0.392. The maximum atomic E-state index is 12.3. The van der Waals surface area contributed by atoms with Crippen LogP contribution in [0.15, 0.2) is 35.7 Å². The molecule has 0 bridgehead atoms. The van der Waals surface area contributed by atoms with Crippen molar-refractivity contribution in [3.05, 3.63) is 72.1 Å². The molecule has 0 aliphatic carbocycles. The summed E-state index contributed by atoms with van der Waals surface area (Å²) in [4.78, 5) is 39.0. The first kappa shape index (κ1) is 18.6. The molecule has 2 heterocycles. The zero-order valence-electron chi connectivity index (χ0n) is 13.9. The van der Waals surface area contributed by atoms with E-state index in [1.807, 2.05) is 24.4 Å². The number of aromatic nitrogens is 1. The van der Waals surface area contributed by atoms with Gasteiger partial charge in [-0.3, -0.25) is 25.0 Å². The average Bonchev–Trinajstić information content (AvgIpc) is 3.28. The molecule has 27 heavy (non-hydrogen) atoms. The molecule has 0 aliphatic heterocycles. The summed E-state index contributed by atoms with van der Waals surface area (Å²) in [6.45, 7) is 2.00. The molecule has 0 saturated heterocycles. The molecule has 0 spiro atoms. The summed E-state index contributed by atoms with van der Waals surface area (Å²) in [6.07, 6.45) is 0. The van der Waals surface area contributed by atoms with Gasteiger partial charge in [-0.05, 0) is 18.4 Å². The van der Waals surface area contributed by atoms with Crippen LogP contribution in [0, 0.1) is 27.2 Å². The summed E-state index contributed by atoms with van der Waals surface area (Å²) in [6, 6.07) is 6.72.